The number of amides is 1. The summed E-state index contributed by atoms with van der Waals surface area (Å²) >= 11 is 5.95. The van der Waals surface area contributed by atoms with Crippen LogP contribution in [0, 0.1) is 0 Å². The van der Waals surface area contributed by atoms with Crippen molar-refractivity contribution >= 4 is 17.5 Å². The van der Waals surface area contributed by atoms with E-state index in [1.807, 2.05) is 17.9 Å². The highest BCUT2D eigenvalue weighted by Gasteiger charge is 2.15. The number of hydrogen-bond acceptors (Lipinski definition) is 2. The van der Waals surface area contributed by atoms with Gasteiger partial charge in [0.15, 0.2) is 0 Å². The molecule has 1 rings (SSSR count). The number of carbonyl (C=O) groups excluding carboxylic acids is 1. The van der Waals surface area contributed by atoms with Crippen molar-refractivity contribution in [3.63, 3.8) is 0 Å². The van der Waals surface area contributed by atoms with E-state index in [4.69, 9.17) is 11.6 Å². The molecule has 0 atom stereocenters. The highest BCUT2D eigenvalue weighted by molar-refractivity contribution is 6.29. The molecule has 0 radical (unpaired) electrons. The Kier molecular flexibility index (Phi) is 6.13. The van der Waals surface area contributed by atoms with Gasteiger partial charge in [0.1, 0.15) is 5.15 Å². The predicted octanol–water partition coefficient (Wildman–Crippen LogP) is 3.56. The number of hydrogen-bond donors (Lipinski definition) is 0. The first-order chi connectivity index (χ1) is 8.62. The number of nitrogens with zero attached hydrogens (tertiary/aromatic N) is 2. The monoisotopic (exact) mass is 268 g/mol. The molecule has 0 saturated heterocycles. The summed E-state index contributed by atoms with van der Waals surface area (Å²) in [5, 5.41) is 0.394. The topological polar surface area (TPSA) is 33.2 Å². The van der Waals surface area contributed by atoms with Crippen molar-refractivity contribution < 1.29 is 4.79 Å². The molecule has 0 aromatic carbocycles. The van der Waals surface area contributed by atoms with Crippen molar-refractivity contribution in [3.05, 3.63) is 28.5 Å². The SMILES string of the molecule is CCCN(CCC)C(=O)c1cc(Cl)nc(CC)c1. The van der Waals surface area contributed by atoms with Crippen LogP contribution in [0.25, 0.3) is 0 Å². The van der Waals surface area contributed by atoms with Crippen molar-refractivity contribution in [3.8, 4) is 0 Å². The minimum atomic E-state index is 0.0534. The number of pyridine rings is 1. The fraction of sp³-hybridized carbons (Fsp3) is 0.571. The van der Waals surface area contributed by atoms with Crippen LogP contribution in [0.2, 0.25) is 5.15 Å². The van der Waals surface area contributed by atoms with Gasteiger partial charge in [-0.2, -0.15) is 0 Å². The molecule has 0 bridgehead atoms. The van der Waals surface area contributed by atoms with E-state index in [0.717, 1.165) is 38.0 Å². The average Bonchev–Trinajstić information content (AvgIpc) is 2.36. The highest BCUT2D eigenvalue weighted by Crippen LogP contribution is 2.14. The van der Waals surface area contributed by atoms with Crippen molar-refractivity contribution in [2.75, 3.05) is 13.1 Å². The van der Waals surface area contributed by atoms with Crippen LogP contribution in [-0.4, -0.2) is 28.9 Å². The molecule has 3 nitrogen and oxygen atoms in total. The largest absolute Gasteiger partial charge is 0.339 e. The second-order valence-corrected chi connectivity index (χ2v) is 4.70. The molecule has 100 valence electrons. The first kappa shape index (κ1) is 15.0. The van der Waals surface area contributed by atoms with Gasteiger partial charge in [-0.25, -0.2) is 4.98 Å². The van der Waals surface area contributed by atoms with E-state index in [-0.39, 0.29) is 5.91 Å². The number of aryl methyl sites for hydroxylation is 1. The van der Waals surface area contributed by atoms with Gasteiger partial charge in [-0.1, -0.05) is 32.4 Å². The molecule has 18 heavy (non-hydrogen) atoms. The van der Waals surface area contributed by atoms with Gasteiger partial charge in [0, 0.05) is 24.3 Å². The van der Waals surface area contributed by atoms with Gasteiger partial charge in [0.2, 0.25) is 0 Å². The summed E-state index contributed by atoms with van der Waals surface area (Å²) in [6.07, 6.45) is 2.71. The molecule has 1 aromatic heterocycles. The van der Waals surface area contributed by atoms with Crippen LogP contribution in [-0.2, 0) is 6.42 Å². The third-order valence-electron chi connectivity index (χ3n) is 2.73. The Bertz CT molecular complexity index is 401. The van der Waals surface area contributed by atoms with Crippen molar-refractivity contribution in [1.29, 1.82) is 0 Å². The minimum Gasteiger partial charge on any atom is -0.339 e. The molecule has 4 heteroatoms. The molecule has 0 aliphatic carbocycles. The van der Waals surface area contributed by atoms with Gasteiger partial charge in [0.25, 0.3) is 5.91 Å². The smallest absolute Gasteiger partial charge is 0.254 e. The summed E-state index contributed by atoms with van der Waals surface area (Å²) in [5.74, 6) is 0.0534. The van der Waals surface area contributed by atoms with E-state index >= 15 is 0 Å². The van der Waals surface area contributed by atoms with Crippen LogP contribution in [0.5, 0.6) is 0 Å². The maximum atomic E-state index is 12.4. The third kappa shape index (κ3) is 3.98. The lowest BCUT2D eigenvalue weighted by molar-refractivity contribution is 0.0755. The van der Waals surface area contributed by atoms with Gasteiger partial charge < -0.3 is 4.90 Å². The maximum Gasteiger partial charge on any atom is 0.254 e. The van der Waals surface area contributed by atoms with Gasteiger partial charge >= 0.3 is 0 Å². The second-order valence-electron chi connectivity index (χ2n) is 4.32. The normalized spacial score (nSPS) is 10.4. The van der Waals surface area contributed by atoms with Gasteiger partial charge in [-0.15, -0.1) is 0 Å². The molecular weight excluding hydrogens is 248 g/mol. The Morgan fingerprint density at radius 1 is 1.22 bits per heavy atom. The molecule has 0 fully saturated rings. The zero-order valence-electron chi connectivity index (χ0n) is 11.4. The number of rotatable bonds is 6. The van der Waals surface area contributed by atoms with Crippen LogP contribution >= 0.6 is 11.6 Å². The van der Waals surface area contributed by atoms with Crippen LogP contribution in [0.1, 0.15) is 49.7 Å². The molecule has 1 aromatic rings. The summed E-state index contributed by atoms with van der Waals surface area (Å²) in [5.41, 5.74) is 1.51. The van der Waals surface area contributed by atoms with Gasteiger partial charge in [0.05, 0.1) is 0 Å². The Morgan fingerprint density at radius 2 is 1.83 bits per heavy atom. The zero-order chi connectivity index (χ0) is 13.5. The van der Waals surface area contributed by atoms with E-state index in [1.54, 1.807) is 6.07 Å². The molecule has 0 aliphatic rings. The van der Waals surface area contributed by atoms with Crippen molar-refractivity contribution in [1.82, 2.24) is 9.88 Å². The molecule has 1 heterocycles. The van der Waals surface area contributed by atoms with E-state index in [0.29, 0.717) is 10.7 Å². The second kappa shape index (κ2) is 7.37. The summed E-state index contributed by atoms with van der Waals surface area (Å²) in [6.45, 7) is 7.73. The molecule has 1 amide bonds. The molecule has 0 spiro atoms. The summed E-state index contributed by atoms with van der Waals surface area (Å²) in [7, 11) is 0. The maximum absolute atomic E-state index is 12.4. The number of carbonyl (C=O) groups is 1. The Hall–Kier alpha value is -1.09. The van der Waals surface area contributed by atoms with Gasteiger partial charge in [-0.05, 0) is 31.4 Å². The van der Waals surface area contributed by atoms with E-state index < -0.39 is 0 Å². The number of halogens is 1. The Morgan fingerprint density at radius 3 is 2.33 bits per heavy atom. The van der Waals surface area contributed by atoms with Gasteiger partial charge in [-0.3, -0.25) is 4.79 Å². The molecule has 0 N–H and O–H groups in total. The molecule has 0 unspecified atom stereocenters. The van der Waals surface area contributed by atoms with E-state index in [1.165, 1.54) is 0 Å². The lowest BCUT2D eigenvalue weighted by atomic mass is 10.1. The van der Waals surface area contributed by atoms with Crippen LogP contribution in [0.4, 0.5) is 0 Å². The van der Waals surface area contributed by atoms with Crippen molar-refractivity contribution in [2.45, 2.75) is 40.0 Å². The average molecular weight is 269 g/mol. The third-order valence-corrected chi connectivity index (χ3v) is 2.92. The van der Waals surface area contributed by atoms with E-state index in [9.17, 15) is 4.79 Å². The summed E-state index contributed by atoms with van der Waals surface area (Å²) in [6, 6.07) is 3.49. The molecular formula is C14H21ClN2O. The summed E-state index contributed by atoms with van der Waals surface area (Å²) in [4.78, 5) is 18.4. The summed E-state index contributed by atoms with van der Waals surface area (Å²) < 4.78 is 0. The Labute approximate surface area is 114 Å². The zero-order valence-corrected chi connectivity index (χ0v) is 12.1. The lowest BCUT2D eigenvalue weighted by Gasteiger charge is -2.21. The quantitative estimate of drug-likeness (QED) is 0.739. The Balaban J connectivity index is 2.96. The predicted molar refractivity (Wildman–Crippen MR) is 75.1 cm³/mol. The lowest BCUT2D eigenvalue weighted by Crippen LogP contribution is -2.32. The minimum absolute atomic E-state index is 0.0534. The fourth-order valence-corrected chi connectivity index (χ4v) is 2.12. The number of aromatic nitrogens is 1. The van der Waals surface area contributed by atoms with Crippen LogP contribution in [0.15, 0.2) is 12.1 Å². The van der Waals surface area contributed by atoms with E-state index in [2.05, 4.69) is 18.8 Å². The molecule has 0 aliphatic heterocycles. The first-order valence-electron chi connectivity index (χ1n) is 6.58. The molecule has 0 saturated carbocycles. The van der Waals surface area contributed by atoms with Crippen LogP contribution in [0.3, 0.4) is 0 Å². The highest BCUT2D eigenvalue weighted by atomic mass is 35.5. The standard InChI is InChI=1S/C14H21ClN2O/c1-4-7-17(8-5-2)14(18)11-9-12(6-3)16-13(15)10-11/h9-10H,4-8H2,1-3H3. The first-order valence-corrected chi connectivity index (χ1v) is 6.95. The fourth-order valence-electron chi connectivity index (χ4n) is 1.89. The van der Waals surface area contributed by atoms with Crippen molar-refractivity contribution in [2.24, 2.45) is 0 Å². The van der Waals surface area contributed by atoms with Crippen LogP contribution < -0.4 is 0 Å².